The molecule has 17 N–H and O–H groups in total. The van der Waals surface area contributed by atoms with Crippen LogP contribution in [0.2, 0.25) is 0 Å². The first-order valence-electron chi connectivity index (χ1n) is 38.0. The minimum absolute atomic E-state index is 0.0138. The van der Waals surface area contributed by atoms with Crippen LogP contribution in [0, 0.1) is 35.5 Å². The average molecular weight is 1540 g/mol. The molecule has 1 aliphatic rings. The number of primary amides is 2. The lowest BCUT2D eigenvalue weighted by Crippen LogP contribution is -2.55. The summed E-state index contributed by atoms with van der Waals surface area (Å²) in [6.45, 7) is 23.4. The Bertz CT molecular complexity index is 3160. The zero-order chi connectivity index (χ0) is 81.2. The van der Waals surface area contributed by atoms with Crippen molar-refractivity contribution in [1.29, 1.82) is 0 Å². The van der Waals surface area contributed by atoms with Crippen LogP contribution in [0.15, 0.2) is 29.6 Å². The van der Waals surface area contributed by atoms with Gasteiger partial charge in [0.1, 0.15) is 28.8 Å². The second-order valence-corrected chi connectivity index (χ2v) is 29.6. The van der Waals surface area contributed by atoms with Crippen molar-refractivity contribution in [2.24, 2.45) is 58.4 Å². The molecule has 0 radical (unpaired) electrons. The highest BCUT2D eigenvalue weighted by Gasteiger charge is 2.40. The number of aliphatic carboxylic acids is 1. The van der Waals surface area contributed by atoms with Crippen LogP contribution < -0.4 is 65.5 Å². The number of nitrogens with zero attached hydrogens (tertiary/aromatic N) is 3. The number of ketones is 2. The Morgan fingerprint density at radius 1 is 0.694 bits per heavy atom. The minimum Gasteiger partial charge on any atom is -0.481 e. The van der Waals surface area contributed by atoms with Gasteiger partial charge in [0, 0.05) is 102 Å². The minimum atomic E-state index is -1.05. The number of carbonyl (C=O) groups excluding carboxylic acids is 12. The van der Waals surface area contributed by atoms with E-state index in [4.69, 9.17) is 37.1 Å². The molecule has 33 heteroatoms. The molecule has 1 aromatic heterocycles. The summed E-state index contributed by atoms with van der Waals surface area (Å²) in [6, 6.07) is 0.833. The van der Waals surface area contributed by atoms with Crippen LogP contribution in [0.3, 0.4) is 0 Å². The number of carboxylic acid groups (broad SMARTS) is 1. The maximum atomic E-state index is 14.8. The molecule has 1 aliphatic heterocycles. The van der Waals surface area contributed by atoms with Gasteiger partial charge in [0.2, 0.25) is 35.4 Å². The van der Waals surface area contributed by atoms with Crippen molar-refractivity contribution in [2.45, 2.75) is 227 Å². The molecule has 108 heavy (non-hydrogen) atoms. The Balaban J connectivity index is 0.00000119. The van der Waals surface area contributed by atoms with Crippen LogP contribution in [-0.2, 0) is 75.0 Å². The van der Waals surface area contributed by atoms with Gasteiger partial charge in [0.05, 0.1) is 44.4 Å². The van der Waals surface area contributed by atoms with E-state index < -0.39 is 102 Å². The molecule has 11 atom stereocenters. The van der Waals surface area contributed by atoms with Gasteiger partial charge in [-0.25, -0.2) is 14.6 Å². The summed E-state index contributed by atoms with van der Waals surface area (Å²) >= 11 is 1.14. The number of hydrogen-bond acceptors (Lipinski definition) is 21. The average Bonchev–Trinajstić information content (AvgIpc) is 1.30. The normalized spacial score (nSPS) is 15.7. The van der Waals surface area contributed by atoms with E-state index in [2.05, 4.69) is 52.4 Å². The first-order valence-corrected chi connectivity index (χ1v) is 38.8. The van der Waals surface area contributed by atoms with Gasteiger partial charge in [-0.15, -0.1) is 11.3 Å². The van der Waals surface area contributed by atoms with E-state index in [9.17, 15) is 67.4 Å². The lowest BCUT2D eigenvalue weighted by molar-refractivity contribution is -0.150. The summed E-state index contributed by atoms with van der Waals surface area (Å²) in [7, 11) is 3.43. The second kappa shape index (κ2) is 52.0. The summed E-state index contributed by atoms with van der Waals surface area (Å²) in [4.78, 5) is 175. The molecule has 3 rings (SSSR count). The predicted molar refractivity (Wildman–Crippen MR) is 410 cm³/mol. The Labute approximate surface area is 641 Å². The first-order chi connectivity index (χ1) is 51.1. The van der Waals surface area contributed by atoms with Crippen LogP contribution in [0.5, 0.6) is 0 Å². The van der Waals surface area contributed by atoms with Gasteiger partial charge < -0.3 is 89.7 Å². The van der Waals surface area contributed by atoms with Crippen molar-refractivity contribution in [3.05, 3.63) is 51.5 Å². The Kier molecular flexibility index (Phi) is 46.1. The van der Waals surface area contributed by atoms with Gasteiger partial charge in [0.25, 0.3) is 5.91 Å². The number of carboxylic acids is 1. The van der Waals surface area contributed by atoms with E-state index in [0.29, 0.717) is 75.5 Å². The highest BCUT2D eigenvalue weighted by Crippen LogP contribution is 2.34. The number of amides is 11. The number of aromatic nitrogens is 1. The molecule has 1 saturated heterocycles. The number of carbonyl (C=O) groups is 13. The van der Waals surface area contributed by atoms with Crippen LogP contribution in [0.1, 0.15) is 199 Å². The summed E-state index contributed by atoms with van der Waals surface area (Å²) in [5, 5.41) is 33.1. The number of hydrogen-bond donors (Lipinski definition) is 13. The van der Waals surface area contributed by atoms with Gasteiger partial charge in [-0.05, 0) is 106 Å². The van der Waals surface area contributed by atoms with Gasteiger partial charge in [-0.3, -0.25) is 57.6 Å². The fourth-order valence-electron chi connectivity index (χ4n) is 12.4. The molecule has 0 spiro atoms. The quantitative estimate of drug-likeness (QED) is 0.0332. The number of likely N-dealkylation sites (N-methyl/N-ethyl adjacent to an activating group) is 2. The molecule has 0 aliphatic carbocycles. The predicted octanol–water partition coefficient (Wildman–Crippen LogP) is 3.68. The number of thiazole rings is 1. The fraction of sp³-hybridized carbons (Fsp3) is 0.707. The number of rotatable bonds is 51. The third-order valence-electron chi connectivity index (χ3n) is 18.7. The third kappa shape index (κ3) is 36.3. The second-order valence-electron chi connectivity index (χ2n) is 28.7. The lowest BCUT2D eigenvalue weighted by atomic mass is 9.82. The van der Waals surface area contributed by atoms with E-state index in [1.807, 2.05) is 46.6 Å². The molecule has 0 saturated carbocycles. The summed E-state index contributed by atoms with van der Waals surface area (Å²) < 4.78 is 16.4. The number of Topliss-reactive ketones (excluding diaryl/α,β-unsaturated/α-hetero) is 2. The van der Waals surface area contributed by atoms with Gasteiger partial charge in [0.15, 0.2) is 17.7 Å². The van der Waals surface area contributed by atoms with Gasteiger partial charge in [-0.2, -0.15) is 0 Å². The molecule has 0 unspecified atom stereocenters. The van der Waals surface area contributed by atoms with Gasteiger partial charge in [-0.1, -0.05) is 106 Å². The molecule has 0 bridgehead atoms. The Morgan fingerprint density at radius 2 is 1.23 bits per heavy atom. The largest absolute Gasteiger partial charge is 0.481 e. The topological polar surface area (TPSA) is 490 Å². The van der Waals surface area contributed by atoms with Crippen LogP contribution in [0.25, 0.3) is 0 Å². The maximum absolute atomic E-state index is 14.8. The highest BCUT2D eigenvalue weighted by molar-refractivity contribution is 7.09. The number of ether oxygens (including phenoxy) is 3. The molecule has 2 heterocycles. The summed E-state index contributed by atoms with van der Waals surface area (Å²) in [5.74, 6) is -6.63. The molecule has 2 aromatic rings. The van der Waals surface area contributed by atoms with Crippen molar-refractivity contribution in [1.82, 2.24) is 57.3 Å². The standard InChI is InChI=1S/C58H93N9O12S.C17H34N6O5/c1-11-25-67(56(74)43(37(7)12-2)32-49(70)46-17-13-14-26-66(46)10)47(35(3)4)33-50(79-39(9)68)55-64-45(34-80-55)53(72)62-42(29-38(8)57(75)76)30-40-18-20-41(21-19-40)31-48(69)44(16-15-24-61-58(60)77)63-54(73)52(36(5)6)65-51(71)22-27-78-28-23-59;1-11(2)14(23-13(24)6-9-28-10-7-18)16(26)22-12(15(25)20-3)5-4-8-21-17(19)27/h18-21,34-38,42-44,46-47,50,52H,11-17,22-33,59H2,1-10H3,(H,62,72)(H,63,73)(H,65,71)(H,75,76)(H3,60,61,77);11-12,14H,4-10,18H2,1-3H3,(H,20,25)(H,22,26)(H,23,24)(H3,19,21,27)/t37-,38-,42+,43-,44-,46+,47+,50+,52-;12-,14-/m00/s1. The molecule has 11 amide bonds. The third-order valence-corrected chi connectivity index (χ3v) is 19.7. The monoisotopic (exact) mass is 1540 g/mol. The summed E-state index contributed by atoms with van der Waals surface area (Å²) in [6.07, 6.45) is 5.13. The Morgan fingerprint density at radius 3 is 1.70 bits per heavy atom. The van der Waals surface area contributed by atoms with Crippen LogP contribution in [0.4, 0.5) is 9.59 Å². The number of piperidine rings is 1. The zero-order valence-electron chi connectivity index (χ0n) is 65.9. The van der Waals surface area contributed by atoms with Crippen molar-refractivity contribution in [3.63, 3.8) is 0 Å². The van der Waals surface area contributed by atoms with Gasteiger partial charge >= 0.3 is 24.0 Å². The van der Waals surface area contributed by atoms with E-state index in [0.717, 1.165) is 42.7 Å². The van der Waals surface area contributed by atoms with Crippen molar-refractivity contribution < 1.29 is 81.6 Å². The number of esters is 1. The van der Waals surface area contributed by atoms with Crippen molar-refractivity contribution >= 4 is 88.3 Å². The van der Waals surface area contributed by atoms with E-state index in [-0.39, 0.29) is 142 Å². The van der Waals surface area contributed by atoms with Crippen molar-refractivity contribution in [3.8, 4) is 0 Å². The van der Waals surface area contributed by atoms with Crippen LogP contribution >= 0.6 is 11.3 Å². The fourth-order valence-corrected chi connectivity index (χ4v) is 13.3. The van der Waals surface area contributed by atoms with Crippen molar-refractivity contribution in [2.75, 3.05) is 79.8 Å². The van der Waals surface area contributed by atoms with E-state index >= 15 is 0 Å². The molecular formula is C75H127N15O17S. The number of nitrogens with two attached hydrogens (primary N) is 4. The smallest absolute Gasteiger partial charge is 0.312 e. The zero-order valence-corrected chi connectivity index (χ0v) is 66.7. The van der Waals surface area contributed by atoms with E-state index in [1.54, 1.807) is 64.3 Å². The van der Waals surface area contributed by atoms with Crippen LogP contribution in [-0.4, -0.2) is 219 Å². The number of benzene rings is 1. The number of nitrogens with one attached hydrogen (secondary N) is 8. The SMILES string of the molecule is CCCN(C(=O)[C@@H](CC(=O)[C@H]1CCCCN1C)[C@@H](C)CC)[C@H](C[C@@H](OC(C)=O)c1nc(C(=O)N[C@@H](Cc2ccc(CC(=O)[C@H](CCCNC(N)=O)NC(=O)[C@@H](NC(=O)CCOCCN)C(C)C)cc2)C[C@H](C)C(=O)O)cs1)C(C)C.CNC(=O)[C@H](CCCNC(N)=O)NC(=O)[C@@H](NC(=O)CCOCCN)C(C)C. The molecule has 1 aromatic carbocycles. The molecule has 1 fully saturated rings. The molecule has 32 nitrogen and oxygen atoms in total. The van der Waals surface area contributed by atoms with E-state index in [1.165, 1.54) is 14.0 Å². The molecular weight excluding hydrogens is 1410 g/mol. The Hall–Kier alpha value is -8.24. The number of urea groups is 2. The lowest BCUT2D eigenvalue weighted by Gasteiger charge is -2.39. The summed E-state index contributed by atoms with van der Waals surface area (Å²) in [5.41, 5.74) is 22.4. The maximum Gasteiger partial charge on any atom is 0.312 e. The molecule has 610 valence electrons. The first kappa shape index (κ1) is 95.8. The highest BCUT2D eigenvalue weighted by atomic mass is 32.1. The number of likely N-dealkylation sites (tertiary alicyclic amines) is 1.